The third-order valence-corrected chi connectivity index (χ3v) is 13.1. The maximum absolute atomic E-state index is 13.8. The van der Waals surface area contributed by atoms with E-state index in [4.69, 9.17) is 0 Å². The summed E-state index contributed by atoms with van der Waals surface area (Å²) in [6.07, 6.45) is 2.38. The number of hydrogen-bond donors (Lipinski definition) is 4. The predicted octanol–water partition coefficient (Wildman–Crippen LogP) is 8.19. The number of fused-ring (bicyclic) bond motifs is 4. The first-order chi connectivity index (χ1) is 26.4. The van der Waals surface area contributed by atoms with Crippen LogP contribution in [0.5, 0.6) is 0 Å². The van der Waals surface area contributed by atoms with Crippen LogP contribution in [0.4, 0.5) is 22.7 Å². The molecule has 1 saturated carbocycles. The molecule has 4 N–H and O–H groups in total. The molecule has 0 aromatic heterocycles. The van der Waals surface area contributed by atoms with Crippen LogP contribution >= 0.6 is 0 Å². The maximum Gasteiger partial charge on any atom is 0.229 e. The molecule has 11 rings (SSSR count). The Morgan fingerprint density at radius 2 is 0.944 bits per heavy atom. The van der Waals surface area contributed by atoms with Crippen molar-refractivity contribution in [2.75, 3.05) is 20.4 Å². The quantitative estimate of drug-likeness (QED) is 0.147. The summed E-state index contributed by atoms with van der Waals surface area (Å²) in [5.74, 6) is -0.907. The number of rotatable bonds is 4. The molecule has 4 heterocycles. The molecule has 0 bridgehead atoms. The van der Waals surface area contributed by atoms with Crippen LogP contribution in [0.3, 0.4) is 0 Å². The van der Waals surface area contributed by atoms with E-state index in [9.17, 15) is 19.8 Å². The summed E-state index contributed by atoms with van der Waals surface area (Å²) in [5, 5.41) is 35.5. The number of nitrogens with one attached hydrogen (secondary N) is 2. The normalized spacial score (nSPS) is 28.2. The summed E-state index contributed by atoms with van der Waals surface area (Å²) in [5.41, 5.74) is 6.02. The van der Waals surface area contributed by atoms with E-state index in [0.29, 0.717) is 12.8 Å². The van der Waals surface area contributed by atoms with E-state index in [0.717, 1.165) is 92.2 Å². The minimum absolute atomic E-state index is 0.0783. The number of carbonyl (C=O) groups is 2. The number of amides is 2. The van der Waals surface area contributed by atoms with Gasteiger partial charge in [-0.1, -0.05) is 97.1 Å². The first kappa shape index (κ1) is 31.8. The van der Waals surface area contributed by atoms with Gasteiger partial charge in [-0.25, -0.2) is 0 Å². The molecule has 2 atom stereocenters. The topological polar surface area (TPSA) is 105 Å². The summed E-state index contributed by atoms with van der Waals surface area (Å²) in [4.78, 5) is 31.5. The highest BCUT2D eigenvalue weighted by Gasteiger charge is 2.54. The van der Waals surface area contributed by atoms with Crippen LogP contribution in [0.25, 0.3) is 21.5 Å². The molecule has 8 heteroatoms. The predicted molar refractivity (Wildman–Crippen MR) is 212 cm³/mol. The van der Waals surface area contributed by atoms with Gasteiger partial charge in [-0.3, -0.25) is 19.4 Å². The van der Waals surface area contributed by atoms with Crippen molar-refractivity contribution in [3.8, 4) is 0 Å². The molecular formula is C46H40N4O4. The molecule has 54 heavy (non-hydrogen) atoms. The highest BCUT2D eigenvalue weighted by atomic mass is 16.3. The summed E-state index contributed by atoms with van der Waals surface area (Å²) >= 11 is 0. The van der Waals surface area contributed by atoms with Gasteiger partial charge >= 0.3 is 0 Å². The van der Waals surface area contributed by atoms with Crippen molar-refractivity contribution in [2.45, 2.75) is 73.9 Å². The zero-order chi connectivity index (χ0) is 36.3. The summed E-state index contributed by atoms with van der Waals surface area (Å²) in [7, 11) is 0. The lowest BCUT2D eigenvalue weighted by Gasteiger charge is -2.52. The van der Waals surface area contributed by atoms with Gasteiger partial charge in [0.2, 0.25) is 11.8 Å². The number of anilines is 4. The second-order valence-electron chi connectivity index (χ2n) is 15.7. The monoisotopic (exact) mass is 712 g/mol. The van der Waals surface area contributed by atoms with Crippen molar-refractivity contribution in [3.05, 3.63) is 144 Å². The standard InChI is InChI=1S/C46H40N4O4/c51-37-19-9-25-45(27-11-3-1-4-12-27)47-33-23-21-31(29-15-7-17-35(39(29)33)49(37)45)41-43(53)42(44(41)54)32-22-24-34-40-30(32)16-8-18-36(40)50-38(52)20-10-26-46(50,48-34)28-13-5-2-6-14-28/h1-8,11-18,21-24,41-44,47-48,53-54H,9-10,19-20,25-26H2. The number of hydrogen-bond acceptors (Lipinski definition) is 6. The van der Waals surface area contributed by atoms with Crippen LogP contribution < -0.4 is 20.4 Å². The van der Waals surface area contributed by atoms with Crippen molar-refractivity contribution in [3.63, 3.8) is 0 Å². The van der Waals surface area contributed by atoms with E-state index < -0.39 is 35.4 Å². The number of benzene rings is 6. The Labute approximate surface area is 313 Å². The second-order valence-corrected chi connectivity index (χ2v) is 15.7. The molecule has 5 aliphatic rings. The Morgan fingerprint density at radius 3 is 1.37 bits per heavy atom. The van der Waals surface area contributed by atoms with Gasteiger partial charge < -0.3 is 20.8 Å². The molecule has 3 fully saturated rings. The van der Waals surface area contributed by atoms with Gasteiger partial charge in [0.25, 0.3) is 0 Å². The highest BCUT2D eigenvalue weighted by molar-refractivity contribution is 6.15. The summed E-state index contributed by atoms with van der Waals surface area (Å²) in [6, 6.07) is 40.7. The van der Waals surface area contributed by atoms with E-state index in [-0.39, 0.29) is 11.8 Å². The fourth-order valence-electron chi connectivity index (χ4n) is 10.8. The Kier molecular flexibility index (Phi) is 6.71. The minimum atomic E-state index is -0.859. The molecule has 1 aliphatic carbocycles. The summed E-state index contributed by atoms with van der Waals surface area (Å²) < 4.78 is 0. The van der Waals surface area contributed by atoms with E-state index in [2.05, 4.69) is 47.0 Å². The maximum atomic E-state index is 13.8. The van der Waals surface area contributed by atoms with Crippen LogP contribution in [0, 0.1) is 0 Å². The fraction of sp³-hybridized carbons (Fsp3) is 0.261. The molecule has 6 aromatic rings. The first-order valence-corrected chi connectivity index (χ1v) is 19.2. The second kappa shape index (κ2) is 11.4. The highest BCUT2D eigenvalue weighted by Crippen LogP contribution is 2.57. The fourth-order valence-corrected chi connectivity index (χ4v) is 10.8. The smallest absolute Gasteiger partial charge is 0.229 e. The van der Waals surface area contributed by atoms with Crippen LogP contribution in [0.15, 0.2) is 121 Å². The van der Waals surface area contributed by atoms with Crippen molar-refractivity contribution in [1.82, 2.24) is 0 Å². The van der Waals surface area contributed by atoms with Gasteiger partial charge in [-0.15, -0.1) is 0 Å². The molecule has 0 spiro atoms. The van der Waals surface area contributed by atoms with E-state index >= 15 is 0 Å². The van der Waals surface area contributed by atoms with Gasteiger partial charge in [0.05, 0.1) is 23.6 Å². The van der Waals surface area contributed by atoms with Gasteiger partial charge in [0.15, 0.2) is 0 Å². The third kappa shape index (κ3) is 4.10. The molecule has 2 amide bonds. The average molecular weight is 713 g/mol. The lowest BCUT2D eigenvalue weighted by molar-refractivity contribution is -0.122. The first-order valence-electron chi connectivity index (χ1n) is 19.2. The third-order valence-electron chi connectivity index (χ3n) is 13.1. The number of carbonyl (C=O) groups excluding carboxylic acids is 2. The van der Waals surface area contributed by atoms with Crippen molar-refractivity contribution >= 4 is 56.1 Å². The Balaban J connectivity index is 0.985. The number of piperidine rings is 2. The van der Waals surface area contributed by atoms with Gasteiger partial charge in [-0.2, -0.15) is 0 Å². The molecule has 6 aromatic carbocycles. The lowest BCUT2D eigenvalue weighted by atomic mass is 9.62. The van der Waals surface area contributed by atoms with E-state index in [1.807, 2.05) is 94.7 Å². The number of aliphatic hydroxyl groups excluding tert-OH is 2. The number of aliphatic hydroxyl groups is 2. The molecule has 2 saturated heterocycles. The van der Waals surface area contributed by atoms with Crippen molar-refractivity contribution in [2.24, 2.45) is 0 Å². The SMILES string of the molecule is O=C1CCCC2(c3ccccc3)Nc3ccc(C4C(O)C(c5ccc6c7c(cccc57)N5C(=O)CCCC5(c5ccccc5)N6)C4O)c4cccc(c34)N12. The largest absolute Gasteiger partial charge is 0.392 e. The Hall–Kier alpha value is -5.70. The lowest BCUT2D eigenvalue weighted by Crippen LogP contribution is -2.59. The molecule has 0 radical (unpaired) electrons. The van der Waals surface area contributed by atoms with Crippen molar-refractivity contribution in [1.29, 1.82) is 0 Å². The van der Waals surface area contributed by atoms with Crippen molar-refractivity contribution < 1.29 is 19.8 Å². The molecule has 4 aliphatic heterocycles. The Bertz CT molecular complexity index is 2360. The van der Waals surface area contributed by atoms with E-state index in [1.54, 1.807) is 0 Å². The van der Waals surface area contributed by atoms with Crippen LogP contribution in [-0.4, -0.2) is 34.2 Å². The van der Waals surface area contributed by atoms with Crippen LogP contribution in [0.2, 0.25) is 0 Å². The molecular weight excluding hydrogens is 673 g/mol. The molecule has 8 nitrogen and oxygen atoms in total. The molecule has 268 valence electrons. The van der Waals surface area contributed by atoms with E-state index in [1.165, 1.54) is 0 Å². The zero-order valence-corrected chi connectivity index (χ0v) is 29.7. The zero-order valence-electron chi connectivity index (χ0n) is 29.7. The Morgan fingerprint density at radius 1 is 0.519 bits per heavy atom. The van der Waals surface area contributed by atoms with Crippen LogP contribution in [-0.2, 0) is 20.9 Å². The van der Waals surface area contributed by atoms with Gasteiger partial charge in [0.1, 0.15) is 11.3 Å². The van der Waals surface area contributed by atoms with Gasteiger partial charge in [0, 0.05) is 46.8 Å². The average Bonchev–Trinajstić information content (AvgIpc) is 3.20. The van der Waals surface area contributed by atoms with Crippen LogP contribution in [0.1, 0.15) is 72.6 Å². The van der Waals surface area contributed by atoms with Gasteiger partial charge in [-0.05, 0) is 83.0 Å². The minimum Gasteiger partial charge on any atom is -0.392 e. The summed E-state index contributed by atoms with van der Waals surface area (Å²) in [6.45, 7) is 0. The molecule has 2 unspecified atom stereocenters. The number of nitrogens with zero attached hydrogens (tertiary/aromatic N) is 2.